The molecule has 1 aliphatic rings. The fourth-order valence-corrected chi connectivity index (χ4v) is 3.88. The van der Waals surface area contributed by atoms with Crippen LogP contribution >= 0.6 is 0 Å². The molecular formula is C21H24N12O. The molecule has 4 aromatic heterocycles. The van der Waals surface area contributed by atoms with E-state index in [1.807, 2.05) is 30.3 Å². The highest BCUT2D eigenvalue weighted by atomic mass is 16.1. The van der Waals surface area contributed by atoms with Crippen LogP contribution in [-0.2, 0) is 14.1 Å². The van der Waals surface area contributed by atoms with Gasteiger partial charge in [0.2, 0.25) is 0 Å². The van der Waals surface area contributed by atoms with Crippen molar-refractivity contribution in [2.45, 2.75) is 13.0 Å². The van der Waals surface area contributed by atoms with Gasteiger partial charge in [0.15, 0.2) is 23.1 Å². The second-order valence-corrected chi connectivity index (χ2v) is 7.84. The molecule has 0 unspecified atom stereocenters. The van der Waals surface area contributed by atoms with Gasteiger partial charge in [-0.2, -0.15) is 20.1 Å². The van der Waals surface area contributed by atoms with Crippen molar-refractivity contribution in [1.29, 1.82) is 0 Å². The van der Waals surface area contributed by atoms with Crippen molar-refractivity contribution >= 4 is 34.7 Å². The van der Waals surface area contributed by atoms with Crippen LogP contribution in [0.4, 0.5) is 28.8 Å². The number of aromatic nitrogens is 8. The molecule has 5 rings (SSSR count). The number of pyridine rings is 1. The molecule has 3 N–H and O–H groups in total. The van der Waals surface area contributed by atoms with Gasteiger partial charge in [0.05, 0.1) is 17.4 Å². The van der Waals surface area contributed by atoms with E-state index < -0.39 is 12.9 Å². The maximum atomic E-state index is 12.8. The first-order chi connectivity index (χ1) is 17.5. The third kappa shape index (κ3) is 3.56. The first-order valence-corrected chi connectivity index (χ1v) is 10.4. The van der Waals surface area contributed by atoms with Crippen molar-refractivity contribution in [2.75, 3.05) is 29.6 Å². The van der Waals surface area contributed by atoms with Crippen LogP contribution in [0.3, 0.4) is 0 Å². The maximum Gasteiger partial charge on any atom is 0.273 e. The zero-order valence-electron chi connectivity index (χ0n) is 21.9. The van der Waals surface area contributed by atoms with Crippen LogP contribution in [0.1, 0.15) is 33.3 Å². The van der Waals surface area contributed by atoms with E-state index in [0.29, 0.717) is 11.6 Å². The van der Waals surface area contributed by atoms with E-state index in [4.69, 9.17) is 4.11 Å². The average Bonchev–Trinajstić information content (AvgIpc) is 3.41. The predicted octanol–water partition coefficient (Wildman–Crippen LogP) is 1.76. The Morgan fingerprint density at radius 3 is 2.71 bits per heavy atom. The van der Waals surface area contributed by atoms with Crippen LogP contribution in [0.15, 0.2) is 30.6 Å². The van der Waals surface area contributed by atoms with Crippen molar-refractivity contribution < 1.29 is 8.91 Å². The lowest BCUT2D eigenvalue weighted by molar-refractivity contribution is 0.0958. The molecule has 1 amide bonds. The van der Waals surface area contributed by atoms with Gasteiger partial charge in [-0.3, -0.25) is 9.48 Å². The second-order valence-electron chi connectivity index (χ2n) is 7.84. The van der Waals surface area contributed by atoms with E-state index in [1.54, 1.807) is 37.2 Å². The van der Waals surface area contributed by atoms with Gasteiger partial charge >= 0.3 is 0 Å². The molecular weight excluding hydrogens is 436 g/mol. The van der Waals surface area contributed by atoms with Crippen LogP contribution in [0.5, 0.6) is 0 Å². The van der Waals surface area contributed by atoms with Gasteiger partial charge in [-0.15, -0.1) is 10.2 Å². The lowest BCUT2D eigenvalue weighted by Gasteiger charge is -2.33. The Hall–Kier alpha value is -4.55. The minimum atomic E-state index is -2.71. The predicted molar refractivity (Wildman–Crippen MR) is 126 cm³/mol. The number of fused-ring (bicyclic) bond motifs is 3. The van der Waals surface area contributed by atoms with E-state index in [0.717, 1.165) is 22.6 Å². The molecule has 0 aliphatic carbocycles. The first kappa shape index (κ1) is 17.9. The fourth-order valence-electron chi connectivity index (χ4n) is 3.88. The summed E-state index contributed by atoms with van der Waals surface area (Å²) in [6.07, 6.45) is 3.37. The topological polar surface area (TPSA) is 144 Å². The highest BCUT2D eigenvalue weighted by molar-refractivity contribution is 5.99. The maximum absolute atomic E-state index is 12.8. The summed E-state index contributed by atoms with van der Waals surface area (Å²) in [4.78, 5) is 20.9. The molecule has 4 aromatic rings. The quantitative estimate of drug-likeness (QED) is 0.400. The zero-order chi connectivity index (χ0) is 26.5. The minimum absolute atomic E-state index is 0.101. The molecule has 0 bridgehead atoms. The number of nitrogens with one attached hydrogen (secondary N) is 3. The standard InChI is InChI=1S/C21H24N12O/c1-11-16-17(30-33(5)29-16)12-6-8-23-20(19(12)32(11)4)24-13-10-15(25-14-7-9-31(3)28-14)26-27-18(13)21(34)22-2/h6-11H,1-5H3,(H,22,34)(H2,23,24,25,26,28)/t11-/m1/s1/i2D3. The molecule has 0 spiro atoms. The van der Waals surface area contributed by atoms with Gasteiger partial charge < -0.3 is 20.9 Å². The monoisotopic (exact) mass is 463 g/mol. The number of carbonyl (C=O) groups is 1. The third-order valence-corrected chi connectivity index (χ3v) is 5.59. The van der Waals surface area contributed by atoms with Gasteiger partial charge in [-0.1, -0.05) is 0 Å². The van der Waals surface area contributed by atoms with Crippen LogP contribution in [0, 0.1) is 0 Å². The van der Waals surface area contributed by atoms with E-state index >= 15 is 0 Å². The molecule has 174 valence electrons. The normalized spacial score (nSPS) is 16.1. The molecule has 0 radical (unpaired) electrons. The molecule has 0 saturated carbocycles. The Morgan fingerprint density at radius 2 is 1.94 bits per heavy atom. The zero-order valence-corrected chi connectivity index (χ0v) is 18.9. The van der Waals surface area contributed by atoms with E-state index in [2.05, 4.69) is 41.1 Å². The Labute approximate surface area is 199 Å². The largest absolute Gasteiger partial charge is 0.363 e. The van der Waals surface area contributed by atoms with Crippen molar-refractivity contribution in [1.82, 2.24) is 45.3 Å². The van der Waals surface area contributed by atoms with E-state index in [1.165, 1.54) is 10.9 Å². The highest BCUT2D eigenvalue weighted by Crippen LogP contribution is 2.45. The lowest BCUT2D eigenvalue weighted by Crippen LogP contribution is -2.28. The van der Waals surface area contributed by atoms with E-state index in [9.17, 15) is 4.79 Å². The van der Waals surface area contributed by atoms with Gasteiger partial charge in [0.25, 0.3) is 5.91 Å². The molecule has 1 atom stereocenters. The Morgan fingerprint density at radius 1 is 1.09 bits per heavy atom. The summed E-state index contributed by atoms with van der Waals surface area (Å²) >= 11 is 0. The molecule has 34 heavy (non-hydrogen) atoms. The van der Waals surface area contributed by atoms with Gasteiger partial charge in [0, 0.05) is 62.3 Å². The summed E-state index contributed by atoms with van der Waals surface area (Å²) in [5.74, 6) is 0.306. The lowest BCUT2D eigenvalue weighted by atomic mass is 9.99. The number of hydrogen-bond donors (Lipinski definition) is 3. The Bertz CT molecular complexity index is 1490. The summed E-state index contributed by atoms with van der Waals surface area (Å²) < 4.78 is 23.9. The minimum Gasteiger partial charge on any atom is -0.363 e. The van der Waals surface area contributed by atoms with Crippen molar-refractivity contribution in [3.63, 3.8) is 0 Å². The smallest absolute Gasteiger partial charge is 0.273 e. The molecule has 0 aromatic carbocycles. The van der Waals surface area contributed by atoms with Crippen LogP contribution < -0.4 is 20.9 Å². The van der Waals surface area contributed by atoms with Crippen LogP contribution in [0.25, 0.3) is 11.3 Å². The van der Waals surface area contributed by atoms with Crippen molar-refractivity contribution in [2.24, 2.45) is 14.1 Å². The number of hydrogen-bond acceptors (Lipinski definition) is 10. The molecule has 13 heteroatoms. The SMILES string of the molecule is [2H]C([2H])([2H])NC(=O)c1nnc(Nc2ccn(C)n2)cc1Nc1nccc2c1N(C)[C@H](C)c1nn(C)nc1-2. The third-order valence-electron chi connectivity index (χ3n) is 5.59. The summed E-state index contributed by atoms with van der Waals surface area (Å²) in [5.41, 5.74) is 3.10. The fraction of sp³-hybridized carbons (Fsp3) is 0.286. The number of rotatable bonds is 5. The number of amides is 1. The van der Waals surface area contributed by atoms with Gasteiger partial charge in [0.1, 0.15) is 11.4 Å². The number of anilines is 5. The molecule has 0 saturated heterocycles. The second kappa shape index (κ2) is 8.10. The molecule has 13 nitrogen and oxygen atoms in total. The van der Waals surface area contributed by atoms with Gasteiger partial charge in [-0.25, -0.2) is 4.98 Å². The first-order valence-electron chi connectivity index (χ1n) is 11.9. The Kier molecular flexibility index (Phi) is 4.27. The summed E-state index contributed by atoms with van der Waals surface area (Å²) in [6.45, 7) is -0.700. The van der Waals surface area contributed by atoms with Crippen LogP contribution in [0.2, 0.25) is 0 Å². The number of nitrogens with zero attached hydrogens (tertiary/aromatic N) is 9. The molecule has 0 fully saturated rings. The van der Waals surface area contributed by atoms with E-state index in [-0.39, 0.29) is 23.2 Å². The Balaban J connectivity index is 1.58. The summed E-state index contributed by atoms with van der Waals surface area (Å²) in [5, 5.41) is 29.5. The molecule has 1 aliphatic heterocycles. The number of aryl methyl sites for hydroxylation is 2. The van der Waals surface area contributed by atoms with Crippen LogP contribution in [-0.4, -0.2) is 59.9 Å². The molecule has 5 heterocycles. The summed E-state index contributed by atoms with van der Waals surface area (Å²) in [6, 6.07) is 5.03. The van der Waals surface area contributed by atoms with Crippen molar-refractivity contribution in [3.05, 3.63) is 42.0 Å². The van der Waals surface area contributed by atoms with Crippen molar-refractivity contribution in [3.8, 4) is 11.3 Å². The number of carbonyl (C=O) groups excluding carboxylic acids is 1. The highest BCUT2D eigenvalue weighted by Gasteiger charge is 2.32. The average molecular weight is 464 g/mol. The summed E-state index contributed by atoms with van der Waals surface area (Å²) in [7, 11) is 5.45. The van der Waals surface area contributed by atoms with Gasteiger partial charge in [-0.05, 0) is 13.0 Å².